The maximum Gasteiger partial charge on any atom is 0.236 e. The van der Waals surface area contributed by atoms with Crippen molar-refractivity contribution < 1.29 is 4.79 Å². The number of carbonyl (C=O) groups excluding carboxylic acids is 1. The van der Waals surface area contributed by atoms with Gasteiger partial charge in [0.05, 0.1) is 10.6 Å². The van der Waals surface area contributed by atoms with Crippen molar-refractivity contribution in [2.75, 3.05) is 0 Å². The lowest BCUT2D eigenvalue weighted by Crippen LogP contribution is -2.14. The third-order valence-corrected chi connectivity index (χ3v) is 2.59. The van der Waals surface area contributed by atoms with Crippen LogP contribution >= 0.6 is 11.3 Å². The van der Waals surface area contributed by atoms with Crippen LogP contribution in [0.25, 0.3) is 0 Å². The van der Waals surface area contributed by atoms with Crippen molar-refractivity contribution in [3.8, 4) is 0 Å². The molecule has 0 aliphatic carbocycles. The van der Waals surface area contributed by atoms with Gasteiger partial charge in [0.15, 0.2) is 0 Å². The number of rotatable bonds is 2. The van der Waals surface area contributed by atoms with Crippen LogP contribution in [0.5, 0.6) is 0 Å². The molecule has 1 amide bonds. The zero-order valence-corrected chi connectivity index (χ0v) is 8.73. The Morgan fingerprint density at radius 1 is 1.46 bits per heavy atom. The molecule has 0 unspecified atom stereocenters. The molecule has 1 aromatic rings. The first kappa shape index (κ1) is 9.92. The fraction of sp³-hybridized carbons (Fsp3) is 0.333. The fourth-order valence-corrected chi connectivity index (χ4v) is 1.66. The molecule has 0 spiro atoms. The normalized spacial score (nSPS) is 11.5. The molecule has 0 aliphatic rings. The lowest BCUT2D eigenvalue weighted by Gasteiger charge is -1.95. The van der Waals surface area contributed by atoms with E-state index < -0.39 is 0 Å². The van der Waals surface area contributed by atoms with Crippen LogP contribution in [-0.4, -0.2) is 11.6 Å². The maximum absolute atomic E-state index is 10.6. The van der Waals surface area contributed by atoms with E-state index >= 15 is 0 Å². The van der Waals surface area contributed by atoms with Crippen molar-refractivity contribution in [2.45, 2.75) is 20.8 Å². The van der Waals surface area contributed by atoms with Gasteiger partial charge in [-0.1, -0.05) is 0 Å². The number of nitrogens with zero attached hydrogens (tertiary/aromatic N) is 1. The summed E-state index contributed by atoms with van der Waals surface area (Å²) in [6, 6.07) is 4.04. The quantitative estimate of drug-likeness (QED) is 0.570. The molecule has 1 aromatic heterocycles. The number of amides is 1. The predicted molar refractivity (Wildman–Crippen MR) is 55.1 cm³/mol. The van der Waals surface area contributed by atoms with Crippen LogP contribution in [0, 0.1) is 6.92 Å². The first-order valence-corrected chi connectivity index (χ1v) is 4.79. The van der Waals surface area contributed by atoms with Crippen molar-refractivity contribution in [1.29, 1.82) is 0 Å². The highest BCUT2D eigenvalue weighted by atomic mass is 32.1. The Morgan fingerprint density at radius 2 is 2.15 bits per heavy atom. The molecule has 0 saturated heterocycles. The number of hydrogen-bond acceptors (Lipinski definition) is 3. The lowest BCUT2D eigenvalue weighted by atomic mass is 10.3. The Balaban J connectivity index is 2.72. The van der Waals surface area contributed by atoms with Crippen LogP contribution in [0.4, 0.5) is 0 Å². The standard InChI is InChI=1S/C9H12N2OS/c1-6-4-5-9(13-6)7(2)10-11-8(3)12/h4-5H,1-3H3,(H,11,12)/b10-7+. The van der Waals surface area contributed by atoms with Crippen molar-refractivity contribution in [3.05, 3.63) is 21.9 Å². The lowest BCUT2D eigenvalue weighted by molar-refractivity contribution is -0.118. The molecular weight excluding hydrogens is 184 g/mol. The number of hydrogen-bond donors (Lipinski definition) is 1. The van der Waals surface area contributed by atoms with Gasteiger partial charge in [-0.25, -0.2) is 5.43 Å². The van der Waals surface area contributed by atoms with Crippen LogP contribution in [0.1, 0.15) is 23.6 Å². The molecule has 13 heavy (non-hydrogen) atoms. The smallest absolute Gasteiger partial charge is 0.236 e. The summed E-state index contributed by atoms with van der Waals surface area (Å²) < 4.78 is 0. The van der Waals surface area contributed by atoms with Crippen LogP contribution < -0.4 is 5.43 Å². The van der Waals surface area contributed by atoms with Crippen LogP contribution in [-0.2, 0) is 4.79 Å². The van der Waals surface area contributed by atoms with E-state index in [-0.39, 0.29) is 5.91 Å². The SMILES string of the molecule is CC(=O)N/N=C(\C)c1ccc(C)s1. The second-order valence-electron chi connectivity index (χ2n) is 2.78. The van der Waals surface area contributed by atoms with Crippen molar-refractivity contribution in [3.63, 3.8) is 0 Å². The Hall–Kier alpha value is -1.16. The Labute approximate surface area is 81.5 Å². The van der Waals surface area contributed by atoms with Gasteiger partial charge < -0.3 is 0 Å². The monoisotopic (exact) mass is 196 g/mol. The minimum atomic E-state index is -0.146. The first-order valence-electron chi connectivity index (χ1n) is 3.97. The van der Waals surface area contributed by atoms with Crippen LogP contribution in [0.3, 0.4) is 0 Å². The third kappa shape index (κ3) is 2.99. The highest BCUT2D eigenvalue weighted by Gasteiger charge is 2.00. The summed E-state index contributed by atoms with van der Waals surface area (Å²) in [4.78, 5) is 12.9. The van der Waals surface area contributed by atoms with Gasteiger partial charge in [0.2, 0.25) is 5.91 Å². The molecule has 0 fully saturated rings. The summed E-state index contributed by atoms with van der Waals surface area (Å²) in [5, 5.41) is 3.93. The van der Waals surface area contributed by atoms with Gasteiger partial charge in [0.1, 0.15) is 0 Å². The molecule has 0 aliphatic heterocycles. The maximum atomic E-state index is 10.6. The molecule has 0 atom stereocenters. The molecule has 0 saturated carbocycles. The molecule has 0 bridgehead atoms. The van der Waals surface area contributed by atoms with Gasteiger partial charge in [0, 0.05) is 11.8 Å². The summed E-state index contributed by atoms with van der Waals surface area (Å²) in [5.41, 5.74) is 3.25. The Kier molecular flexibility index (Phi) is 3.19. The van der Waals surface area contributed by atoms with E-state index in [1.165, 1.54) is 11.8 Å². The molecule has 1 heterocycles. The molecule has 0 aromatic carbocycles. The second-order valence-corrected chi connectivity index (χ2v) is 4.06. The van der Waals surface area contributed by atoms with Crippen LogP contribution in [0.2, 0.25) is 0 Å². The third-order valence-electron chi connectivity index (χ3n) is 1.48. The Bertz CT molecular complexity index is 341. The predicted octanol–water partition coefficient (Wildman–Crippen LogP) is 1.92. The molecule has 1 N–H and O–H groups in total. The minimum absolute atomic E-state index is 0.146. The minimum Gasteiger partial charge on any atom is -0.274 e. The average molecular weight is 196 g/mol. The average Bonchev–Trinajstić information content (AvgIpc) is 2.47. The van der Waals surface area contributed by atoms with E-state index in [0.717, 1.165) is 10.6 Å². The first-order chi connectivity index (χ1) is 6.09. The topological polar surface area (TPSA) is 41.5 Å². The van der Waals surface area contributed by atoms with E-state index in [9.17, 15) is 4.79 Å². The molecule has 3 nitrogen and oxygen atoms in total. The fourth-order valence-electron chi connectivity index (χ4n) is 0.847. The van der Waals surface area contributed by atoms with E-state index in [4.69, 9.17) is 0 Å². The highest BCUT2D eigenvalue weighted by molar-refractivity contribution is 7.14. The summed E-state index contributed by atoms with van der Waals surface area (Å²) in [5.74, 6) is -0.146. The summed E-state index contributed by atoms with van der Waals surface area (Å²) in [6.45, 7) is 5.36. The zero-order valence-electron chi connectivity index (χ0n) is 7.92. The van der Waals surface area contributed by atoms with E-state index in [1.54, 1.807) is 11.3 Å². The van der Waals surface area contributed by atoms with Gasteiger partial charge in [-0.15, -0.1) is 11.3 Å². The Morgan fingerprint density at radius 3 is 2.62 bits per heavy atom. The van der Waals surface area contributed by atoms with E-state index in [0.29, 0.717) is 0 Å². The molecular formula is C9H12N2OS. The molecule has 4 heteroatoms. The van der Waals surface area contributed by atoms with Crippen LogP contribution in [0.15, 0.2) is 17.2 Å². The van der Waals surface area contributed by atoms with Crippen molar-refractivity contribution in [1.82, 2.24) is 5.43 Å². The van der Waals surface area contributed by atoms with Gasteiger partial charge in [0.25, 0.3) is 0 Å². The zero-order chi connectivity index (χ0) is 9.84. The van der Waals surface area contributed by atoms with E-state index in [1.807, 2.05) is 26.0 Å². The number of carbonyl (C=O) groups is 1. The van der Waals surface area contributed by atoms with Gasteiger partial charge >= 0.3 is 0 Å². The van der Waals surface area contributed by atoms with Gasteiger partial charge in [-0.2, -0.15) is 5.10 Å². The molecule has 0 radical (unpaired) electrons. The van der Waals surface area contributed by atoms with E-state index in [2.05, 4.69) is 10.5 Å². The largest absolute Gasteiger partial charge is 0.274 e. The molecule has 1 rings (SSSR count). The number of nitrogens with one attached hydrogen (secondary N) is 1. The second kappa shape index (κ2) is 4.18. The summed E-state index contributed by atoms with van der Waals surface area (Å²) >= 11 is 1.67. The summed E-state index contributed by atoms with van der Waals surface area (Å²) in [6.07, 6.45) is 0. The van der Waals surface area contributed by atoms with Gasteiger partial charge in [-0.05, 0) is 26.0 Å². The van der Waals surface area contributed by atoms with Crippen molar-refractivity contribution >= 4 is 23.0 Å². The van der Waals surface area contributed by atoms with Gasteiger partial charge in [-0.3, -0.25) is 4.79 Å². The number of thiophene rings is 1. The van der Waals surface area contributed by atoms with Crippen molar-refractivity contribution in [2.24, 2.45) is 5.10 Å². The summed E-state index contributed by atoms with van der Waals surface area (Å²) in [7, 11) is 0. The number of aryl methyl sites for hydroxylation is 1. The molecule has 70 valence electrons. The number of hydrazone groups is 1. The highest BCUT2D eigenvalue weighted by Crippen LogP contribution is 2.15.